The van der Waals surface area contributed by atoms with Crippen LogP contribution in [0.2, 0.25) is 5.02 Å². The third-order valence-corrected chi connectivity index (χ3v) is 5.15. The number of nitrogens with zero attached hydrogens (tertiary/aromatic N) is 3. The van der Waals surface area contributed by atoms with E-state index in [4.69, 9.17) is 11.6 Å². The van der Waals surface area contributed by atoms with Crippen LogP contribution in [-0.2, 0) is 12.8 Å². The van der Waals surface area contributed by atoms with Crippen molar-refractivity contribution >= 4 is 23.2 Å². The Kier molecular flexibility index (Phi) is 5.45. The minimum absolute atomic E-state index is 0.0426. The molecule has 0 atom stereocenters. The summed E-state index contributed by atoms with van der Waals surface area (Å²) in [7, 11) is 1.37. The van der Waals surface area contributed by atoms with Crippen molar-refractivity contribution in [2.45, 2.75) is 19.1 Å². The number of aromatic nitrogens is 2. The predicted molar refractivity (Wildman–Crippen MR) is 105 cm³/mol. The fraction of sp³-hybridized carbons (Fsp3) is 0.200. The van der Waals surface area contributed by atoms with Crippen LogP contribution in [0.5, 0.6) is 11.5 Å². The molecule has 0 saturated carbocycles. The van der Waals surface area contributed by atoms with Crippen LogP contribution < -0.4 is 14.4 Å². The summed E-state index contributed by atoms with van der Waals surface area (Å²) in [5.74, 6) is -1.06. The van der Waals surface area contributed by atoms with Crippen molar-refractivity contribution in [3.8, 4) is 17.2 Å². The molecule has 2 heterocycles. The van der Waals surface area contributed by atoms with Gasteiger partial charge in [-0.2, -0.15) is 18.3 Å². The van der Waals surface area contributed by atoms with E-state index in [2.05, 4.69) is 14.6 Å². The standard InChI is InChI=1S/C20H13ClF5N3O4/c1-28(11-5-6-14-15(8-11)33-20(25,26)32-14)18(31)10-3-2-4-12(7-10)29-13(9-30)16(21)17(27-29)19(22,23)24/h2-8,30H,9H2,1H3. The number of anilines is 1. The number of fused-ring (bicyclic) bond motifs is 1. The number of aliphatic hydroxyl groups excluding tert-OH is 1. The quantitative estimate of drug-likeness (QED) is 0.541. The molecule has 1 aromatic heterocycles. The number of aliphatic hydroxyl groups is 1. The molecule has 2 aromatic carbocycles. The van der Waals surface area contributed by atoms with E-state index in [1.807, 2.05) is 0 Å². The van der Waals surface area contributed by atoms with Gasteiger partial charge in [0.1, 0.15) is 0 Å². The molecule has 174 valence electrons. The maximum absolute atomic E-state index is 13.2. The zero-order valence-corrected chi connectivity index (χ0v) is 17.3. The van der Waals surface area contributed by atoms with E-state index in [1.54, 1.807) is 0 Å². The lowest BCUT2D eigenvalue weighted by Gasteiger charge is -2.18. The zero-order valence-electron chi connectivity index (χ0n) is 16.5. The highest BCUT2D eigenvalue weighted by Gasteiger charge is 2.43. The minimum atomic E-state index is -4.85. The lowest BCUT2D eigenvalue weighted by molar-refractivity contribution is -0.286. The van der Waals surface area contributed by atoms with Crippen LogP contribution in [0.4, 0.5) is 27.6 Å². The first-order chi connectivity index (χ1) is 15.4. The molecule has 0 radical (unpaired) electrons. The van der Waals surface area contributed by atoms with Crippen LogP contribution in [0.1, 0.15) is 21.7 Å². The number of amides is 1. The third-order valence-electron chi connectivity index (χ3n) is 4.75. The Labute approximate surface area is 187 Å². The average Bonchev–Trinajstić information content (AvgIpc) is 3.26. The summed E-state index contributed by atoms with van der Waals surface area (Å²) in [4.78, 5) is 14.1. The minimum Gasteiger partial charge on any atom is -0.395 e. The van der Waals surface area contributed by atoms with Crippen molar-refractivity contribution in [3.05, 3.63) is 64.4 Å². The normalized spacial score (nSPS) is 14.4. The monoisotopic (exact) mass is 489 g/mol. The number of alkyl halides is 5. The summed E-state index contributed by atoms with van der Waals surface area (Å²) in [6.45, 7) is -0.832. The number of rotatable bonds is 4. The molecule has 3 aromatic rings. The van der Waals surface area contributed by atoms with E-state index < -0.39 is 35.7 Å². The summed E-state index contributed by atoms with van der Waals surface area (Å²) >= 11 is 5.75. The lowest BCUT2D eigenvalue weighted by Crippen LogP contribution is -2.26. The first-order valence-corrected chi connectivity index (χ1v) is 9.53. The predicted octanol–water partition coefficient (Wildman–Crippen LogP) is 4.63. The van der Waals surface area contributed by atoms with Gasteiger partial charge in [-0.25, -0.2) is 4.68 Å². The Morgan fingerprint density at radius 1 is 1.18 bits per heavy atom. The van der Waals surface area contributed by atoms with E-state index in [0.717, 1.165) is 9.58 Å². The Morgan fingerprint density at radius 3 is 2.55 bits per heavy atom. The van der Waals surface area contributed by atoms with Crippen molar-refractivity contribution in [1.29, 1.82) is 0 Å². The van der Waals surface area contributed by atoms with E-state index >= 15 is 0 Å². The van der Waals surface area contributed by atoms with Crippen molar-refractivity contribution in [2.75, 3.05) is 11.9 Å². The van der Waals surface area contributed by atoms with Crippen molar-refractivity contribution in [2.24, 2.45) is 0 Å². The van der Waals surface area contributed by atoms with Gasteiger partial charge in [0.15, 0.2) is 17.2 Å². The molecular weight excluding hydrogens is 477 g/mol. The fourth-order valence-corrected chi connectivity index (χ4v) is 3.48. The molecule has 1 aliphatic heterocycles. The van der Waals surface area contributed by atoms with Gasteiger partial charge in [-0.15, -0.1) is 8.78 Å². The summed E-state index contributed by atoms with van der Waals surface area (Å²) in [5, 5.41) is 12.2. The topological polar surface area (TPSA) is 76.8 Å². The molecule has 1 aliphatic rings. The second kappa shape index (κ2) is 7.89. The van der Waals surface area contributed by atoms with Gasteiger partial charge in [-0.1, -0.05) is 17.7 Å². The molecule has 0 aliphatic carbocycles. The van der Waals surface area contributed by atoms with Crippen LogP contribution in [0.15, 0.2) is 42.5 Å². The van der Waals surface area contributed by atoms with Gasteiger partial charge in [0.25, 0.3) is 5.91 Å². The summed E-state index contributed by atoms with van der Waals surface area (Å²) < 4.78 is 75.5. The maximum atomic E-state index is 13.2. The van der Waals surface area contributed by atoms with Crippen LogP contribution in [0.3, 0.4) is 0 Å². The molecule has 0 unspecified atom stereocenters. The number of hydrogen-bond donors (Lipinski definition) is 1. The van der Waals surface area contributed by atoms with E-state index in [0.29, 0.717) is 0 Å². The van der Waals surface area contributed by atoms with Gasteiger partial charge < -0.3 is 19.5 Å². The smallest absolute Gasteiger partial charge is 0.395 e. The Balaban J connectivity index is 1.66. The largest absolute Gasteiger partial charge is 0.586 e. The summed E-state index contributed by atoms with van der Waals surface area (Å²) in [6, 6.07) is 9.19. The first kappa shape index (κ1) is 22.8. The first-order valence-electron chi connectivity index (χ1n) is 9.15. The highest BCUT2D eigenvalue weighted by molar-refractivity contribution is 6.32. The Hall–Kier alpha value is -3.38. The molecule has 33 heavy (non-hydrogen) atoms. The molecular formula is C20H13ClF5N3O4. The lowest BCUT2D eigenvalue weighted by atomic mass is 10.1. The highest BCUT2D eigenvalue weighted by atomic mass is 35.5. The highest BCUT2D eigenvalue weighted by Crippen LogP contribution is 2.43. The Morgan fingerprint density at radius 2 is 1.88 bits per heavy atom. The van der Waals surface area contributed by atoms with Gasteiger partial charge in [-0.3, -0.25) is 4.79 Å². The van der Waals surface area contributed by atoms with Crippen LogP contribution >= 0.6 is 11.6 Å². The number of halogens is 6. The molecule has 7 nitrogen and oxygen atoms in total. The van der Waals surface area contributed by atoms with E-state index in [9.17, 15) is 31.9 Å². The number of carbonyl (C=O) groups is 1. The van der Waals surface area contributed by atoms with Crippen LogP contribution in [0.25, 0.3) is 5.69 Å². The number of carbonyl (C=O) groups excluding carboxylic acids is 1. The number of benzene rings is 2. The van der Waals surface area contributed by atoms with Crippen molar-refractivity contribution in [1.82, 2.24) is 9.78 Å². The maximum Gasteiger partial charge on any atom is 0.586 e. The molecule has 0 spiro atoms. The van der Waals surface area contributed by atoms with E-state index in [1.165, 1.54) is 49.5 Å². The van der Waals surface area contributed by atoms with Gasteiger partial charge in [0, 0.05) is 24.4 Å². The molecule has 0 fully saturated rings. The van der Waals surface area contributed by atoms with Gasteiger partial charge in [-0.05, 0) is 30.3 Å². The number of ether oxygens (including phenoxy) is 2. The van der Waals surface area contributed by atoms with Crippen LogP contribution in [0, 0.1) is 0 Å². The average molecular weight is 490 g/mol. The summed E-state index contributed by atoms with van der Waals surface area (Å²) in [6.07, 6.45) is -8.67. The molecule has 1 amide bonds. The third kappa shape index (κ3) is 4.18. The fourth-order valence-electron chi connectivity index (χ4n) is 3.19. The SMILES string of the molecule is CN(C(=O)c1cccc(-n2nc(C(F)(F)F)c(Cl)c2CO)c1)c1ccc2c(c1)OC(F)(F)O2. The molecule has 0 saturated heterocycles. The summed E-state index contributed by atoms with van der Waals surface area (Å²) in [5.41, 5.74) is -1.40. The molecule has 4 rings (SSSR count). The number of hydrogen-bond acceptors (Lipinski definition) is 5. The second-order valence-corrected chi connectivity index (χ2v) is 7.27. The van der Waals surface area contributed by atoms with Crippen LogP contribution in [-0.4, -0.2) is 34.1 Å². The van der Waals surface area contributed by atoms with Gasteiger partial charge in [0.2, 0.25) is 0 Å². The molecule has 0 bridgehead atoms. The molecule has 1 N–H and O–H groups in total. The second-order valence-electron chi connectivity index (χ2n) is 6.89. The zero-order chi connectivity index (χ0) is 24.1. The molecule has 13 heteroatoms. The van der Waals surface area contributed by atoms with Gasteiger partial charge in [0.05, 0.1) is 23.0 Å². The van der Waals surface area contributed by atoms with Crippen molar-refractivity contribution in [3.63, 3.8) is 0 Å². The van der Waals surface area contributed by atoms with Gasteiger partial charge >= 0.3 is 12.5 Å². The van der Waals surface area contributed by atoms with Crippen molar-refractivity contribution < 1.29 is 41.3 Å². The van der Waals surface area contributed by atoms with E-state index in [-0.39, 0.29) is 34.1 Å². The Bertz CT molecular complexity index is 1240.